The maximum absolute atomic E-state index is 12.8. The molecule has 3 aromatic rings. The Labute approximate surface area is 164 Å². The maximum Gasteiger partial charge on any atom is 0.279 e. The first kappa shape index (κ1) is 19.5. The molecule has 0 saturated carbocycles. The molecule has 0 atom stereocenters. The predicted molar refractivity (Wildman–Crippen MR) is 111 cm³/mol. The molecule has 5 heteroatoms. The zero-order valence-corrected chi connectivity index (χ0v) is 17.4. The first-order chi connectivity index (χ1) is 12.8. The van der Waals surface area contributed by atoms with Crippen LogP contribution >= 0.6 is 11.3 Å². The van der Waals surface area contributed by atoms with Crippen molar-refractivity contribution in [3.8, 4) is 0 Å². The van der Waals surface area contributed by atoms with Crippen molar-refractivity contribution in [1.29, 1.82) is 0 Å². The highest BCUT2D eigenvalue weighted by Crippen LogP contribution is 2.23. The van der Waals surface area contributed by atoms with E-state index in [4.69, 9.17) is 4.74 Å². The number of hydrogen-bond acceptors (Lipinski definition) is 3. The van der Waals surface area contributed by atoms with Crippen LogP contribution in [0.2, 0.25) is 0 Å². The number of para-hydroxylation sites is 1. The fourth-order valence-electron chi connectivity index (χ4n) is 3.05. The second kappa shape index (κ2) is 7.79. The van der Waals surface area contributed by atoms with Crippen LogP contribution in [0.5, 0.6) is 0 Å². The van der Waals surface area contributed by atoms with E-state index in [0.29, 0.717) is 23.5 Å². The minimum atomic E-state index is -0.217. The predicted octanol–water partition coefficient (Wildman–Crippen LogP) is 4.70. The zero-order valence-electron chi connectivity index (χ0n) is 16.6. The average Bonchev–Trinajstić information content (AvgIpc) is 2.97. The number of hydrogen-bond donors (Lipinski definition) is 0. The molecule has 1 amide bonds. The van der Waals surface area contributed by atoms with E-state index in [2.05, 4.69) is 49.4 Å². The number of amides is 1. The molecule has 0 fully saturated rings. The topological polar surface area (TPSA) is 43.6 Å². The van der Waals surface area contributed by atoms with Gasteiger partial charge in [0.25, 0.3) is 5.91 Å². The Bertz CT molecular complexity index is 1020. The lowest BCUT2D eigenvalue weighted by Crippen LogP contribution is -2.19. The minimum Gasteiger partial charge on any atom is -0.383 e. The molecule has 1 heterocycles. The van der Waals surface area contributed by atoms with Crippen molar-refractivity contribution in [3.05, 3.63) is 64.0 Å². The number of rotatable bonds is 4. The van der Waals surface area contributed by atoms with Gasteiger partial charge in [-0.3, -0.25) is 4.79 Å². The lowest BCUT2D eigenvalue weighted by atomic mass is 9.87. The van der Waals surface area contributed by atoms with E-state index in [1.807, 2.05) is 30.3 Å². The molecule has 3 rings (SSSR count). The van der Waals surface area contributed by atoms with Crippen molar-refractivity contribution >= 4 is 27.5 Å². The summed E-state index contributed by atoms with van der Waals surface area (Å²) in [4.78, 5) is 17.9. The monoisotopic (exact) mass is 382 g/mol. The van der Waals surface area contributed by atoms with Crippen molar-refractivity contribution in [3.63, 3.8) is 0 Å². The smallest absolute Gasteiger partial charge is 0.279 e. The lowest BCUT2D eigenvalue weighted by molar-refractivity contribution is 0.0997. The summed E-state index contributed by atoms with van der Waals surface area (Å²) in [5, 5.41) is 0. The van der Waals surface area contributed by atoms with Gasteiger partial charge in [-0.05, 0) is 41.7 Å². The van der Waals surface area contributed by atoms with Crippen LogP contribution < -0.4 is 4.80 Å². The molecule has 2 aromatic carbocycles. The molecule has 0 unspecified atom stereocenters. The number of carbonyl (C=O) groups excluding carboxylic acids is 1. The molecule has 142 valence electrons. The summed E-state index contributed by atoms with van der Waals surface area (Å²) in [7, 11) is 1.68. The molecular formula is C22H26N2O2S. The van der Waals surface area contributed by atoms with E-state index in [0.717, 1.165) is 10.2 Å². The third-order valence-corrected chi connectivity index (χ3v) is 5.66. The van der Waals surface area contributed by atoms with Gasteiger partial charge in [0, 0.05) is 19.2 Å². The summed E-state index contributed by atoms with van der Waals surface area (Å²) in [6.45, 7) is 9.79. The first-order valence-corrected chi connectivity index (χ1v) is 9.90. The number of nitrogens with zero attached hydrogens (tertiary/aromatic N) is 2. The highest BCUT2D eigenvalue weighted by atomic mass is 32.1. The number of benzene rings is 2. The van der Waals surface area contributed by atoms with Gasteiger partial charge < -0.3 is 9.30 Å². The van der Waals surface area contributed by atoms with Crippen molar-refractivity contribution in [2.24, 2.45) is 4.99 Å². The molecular weight excluding hydrogens is 356 g/mol. The number of ether oxygens (including phenoxy) is 1. The molecule has 0 aliphatic carbocycles. The summed E-state index contributed by atoms with van der Waals surface area (Å²) in [6, 6.07) is 13.9. The maximum atomic E-state index is 12.8. The van der Waals surface area contributed by atoms with E-state index in [9.17, 15) is 4.79 Å². The third-order valence-electron chi connectivity index (χ3n) is 4.62. The fraction of sp³-hybridized carbons (Fsp3) is 0.364. The summed E-state index contributed by atoms with van der Waals surface area (Å²) in [6.07, 6.45) is 0. The van der Waals surface area contributed by atoms with Crippen molar-refractivity contribution in [2.75, 3.05) is 13.7 Å². The van der Waals surface area contributed by atoms with Crippen LogP contribution in [0.25, 0.3) is 10.2 Å². The van der Waals surface area contributed by atoms with Crippen molar-refractivity contribution in [1.82, 2.24) is 4.57 Å². The largest absolute Gasteiger partial charge is 0.383 e. The summed E-state index contributed by atoms with van der Waals surface area (Å²) >= 11 is 1.54. The molecule has 1 aromatic heterocycles. The van der Waals surface area contributed by atoms with Gasteiger partial charge in [0.15, 0.2) is 4.80 Å². The summed E-state index contributed by atoms with van der Waals surface area (Å²) in [5.41, 5.74) is 4.16. The van der Waals surface area contributed by atoms with Crippen LogP contribution in [0.4, 0.5) is 0 Å². The summed E-state index contributed by atoms with van der Waals surface area (Å²) < 4.78 is 8.46. The van der Waals surface area contributed by atoms with Crippen molar-refractivity contribution < 1.29 is 9.53 Å². The first-order valence-electron chi connectivity index (χ1n) is 9.09. The van der Waals surface area contributed by atoms with Crippen LogP contribution in [0.3, 0.4) is 0 Å². The Morgan fingerprint density at radius 3 is 2.48 bits per heavy atom. The molecule has 0 bridgehead atoms. The lowest BCUT2D eigenvalue weighted by Gasteiger charge is -2.18. The molecule has 0 aliphatic rings. The number of methoxy groups -OCH3 is 1. The number of aromatic nitrogens is 1. The highest BCUT2D eigenvalue weighted by Gasteiger charge is 2.15. The molecule has 4 nitrogen and oxygen atoms in total. The quantitative estimate of drug-likeness (QED) is 0.657. The molecule has 0 spiro atoms. The standard InChI is InChI=1S/C22H26N2O2S/c1-15-7-6-8-18-19(15)24(13-14-26-5)21(27-18)23-20(25)16-9-11-17(12-10-16)22(2,3)4/h6-12H,13-14H2,1-5H3. The molecule has 27 heavy (non-hydrogen) atoms. The van der Waals surface area contributed by atoms with E-state index < -0.39 is 0 Å². The van der Waals surface area contributed by atoms with Gasteiger partial charge in [0.05, 0.1) is 16.8 Å². The SMILES string of the molecule is COCCn1c(=NC(=O)c2ccc(C(C)(C)C)cc2)sc2cccc(C)c21. The van der Waals surface area contributed by atoms with Crippen LogP contribution in [0.15, 0.2) is 47.5 Å². The second-order valence-electron chi connectivity index (χ2n) is 7.70. The van der Waals surface area contributed by atoms with Gasteiger partial charge in [0.1, 0.15) is 0 Å². The molecule has 0 aliphatic heterocycles. The van der Waals surface area contributed by atoms with Gasteiger partial charge in [-0.15, -0.1) is 0 Å². The Morgan fingerprint density at radius 2 is 1.85 bits per heavy atom. The van der Waals surface area contributed by atoms with Gasteiger partial charge in [-0.1, -0.05) is 56.4 Å². The number of aryl methyl sites for hydroxylation is 1. The van der Waals surface area contributed by atoms with Gasteiger partial charge >= 0.3 is 0 Å². The van der Waals surface area contributed by atoms with E-state index in [1.54, 1.807) is 7.11 Å². The van der Waals surface area contributed by atoms with Crippen LogP contribution in [-0.2, 0) is 16.7 Å². The number of thiazole rings is 1. The fourth-order valence-corrected chi connectivity index (χ4v) is 4.18. The van der Waals surface area contributed by atoms with Crippen LogP contribution in [0, 0.1) is 6.92 Å². The van der Waals surface area contributed by atoms with E-state index in [1.165, 1.54) is 22.5 Å². The normalized spacial score (nSPS) is 12.7. The number of fused-ring (bicyclic) bond motifs is 1. The Kier molecular flexibility index (Phi) is 5.63. The van der Waals surface area contributed by atoms with Gasteiger partial charge in [0.2, 0.25) is 0 Å². The Morgan fingerprint density at radius 1 is 1.15 bits per heavy atom. The molecule has 0 N–H and O–H groups in total. The van der Waals surface area contributed by atoms with E-state index in [-0.39, 0.29) is 11.3 Å². The second-order valence-corrected chi connectivity index (χ2v) is 8.70. The highest BCUT2D eigenvalue weighted by molar-refractivity contribution is 7.16. The van der Waals surface area contributed by atoms with Crippen LogP contribution in [-0.4, -0.2) is 24.2 Å². The summed E-state index contributed by atoms with van der Waals surface area (Å²) in [5.74, 6) is -0.217. The third kappa shape index (κ3) is 4.20. The minimum absolute atomic E-state index is 0.0604. The van der Waals surface area contributed by atoms with Gasteiger partial charge in [-0.25, -0.2) is 0 Å². The van der Waals surface area contributed by atoms with Crippen molar-refractivity contribution in [2.45, 2.75) is 39.7 Å². The van der Waals surface area contributed by atoms with Crippen LogP contribution in [0.1, 0.15) is 42.3 Å². The average molecular weight is 383 g/mol. The Balaban J connectivity index is 2.04. The van der Waals surface area contributed by atoms with Gasteiger partial charge in [-0.2, -0.15) is 4.99 Å². The van der Waals surface area contributed by atoms with E-state index >= 15 is 0 Å². The molecule has 0 saturated heterocycles. The zero-order chi connectivity index (χ0) is 19.6. The molecule has 0 radical (unpaired) electrons. The number of carbonyl (C=O) groups is 1. The Hall–Kier alpha value is -2.24.